The average molecular weight is 294 g/mol. The van der Waals surface area contributed by atoms with Crippen molar-refractivity contribution >= 4 is 11.3 Å². The van der Waals surface area contributed by atoms with Gasteiger partial charge in [-0.2, -0.15) is 0 Å². The third kappa shape index (κ3) is 3.17. The molecule has 0 aliphatic heterocycles. The van der Waals surface area contributed by atoms with Gasteiger partial charge in [-0.05, 0) is 59.2 Å². The normalized spacial score (nSPS) is 10.6. The number of ether oxygens (including phenoxy) is 1. The lowest BCUT2D eigenvalue weighted by Gasteiger charge is -2.11. The van der Waals surface area contributed by atoms with Gasteiger partial charge >= 0.3 is 0 Å². The zero-order valence-corrected chi connectivity index (χ0v) is 13.1. The van der Waals surface area contributed by atoms with E-state index in [-0.39, 0.29) is 0 Å². The highest BCUT2D eigenvalue weighted by atomic mass is 32.1. The van der Waals surface area contributed by atoms with Gasteiger partial charge in [0.1, 0.15) is 6.61 Å². The van der Waals surface area contributed by atoms with Gasteiger partial charge in [-0.15, -0.1) is 11.3 Å². The lowest BCUT2D eigenvalue weighted by atomic mass is 9.95. The van der Waals surface area contributed by atoms with Gasteiger partial charge in [0.2, 0.25) is 0 Å². The van der Waals surface area contributed by atoms with Gasteiger partial charge in [0, 0.05) is 0 Å². The molecule has 1 heterocycles. The van der Waals surface area contributed by atoms with Crippen LogP contribution in [0.4, 0.5) is 0 Å². The summed E-state index contributed by atoms with van der Waals surface area (Å²) in [6, 6.07) is 19.1. The Hall–Kier alpha value is -2.06. The molecule has 0 aliphatic rings. The predicted molar refractivity (Wildman–Crippen MR) is 90.0 cm³/mol. The van der Waals surface area contributed by atoms with E-state index in [0.717, 1.165) is 5.06 Å². The van der Waals surface area contributed by atoms with Gasteiger partial charge < -0.3 is 4.74 Å². The fourth-order valence-electron chi connectivity index (χ4n) is 2.54. The van der Waals surface area contributed by atoms with E-state index in [9.17, 15) is 0 Å². The third-order valence-electron chi connectivity index (χ3n) is 3.60. The molecule has 106 valence electrons. The fourth-order valence-corrected chi connectivity index (χ4v) is 3.11. The lowest BCUT2D eigenvalue weighted by Crippen LogP contribution is -1.94. The van der Waals surface area contributed by atoms with Gasteiger partial charge in [0.05, 0.1) is 0 Å². The summed E-state index contributed by atoms with van der Waals surface area (Å²) in [7, 11) is 0. The first-order valence-electron chi connectivity index (χ1n) is 7.06. The predicted octanol–water partition coefficient (Wildman–Crippen LogP) is 5.61. The molecule has 0 N–H and O–H groups in total. The molecule has 0 atom stereocenters. The summed E-state index contributed by atoms with van der Waals surface area (Å²) in [5.74, 6) is 0. The largest absolute Gasteiger partial charge is 0.479 e. The lowest BCUT2D eigenvalue weighted by molar-refractivity contribution is 0.316. The Morgan fingerprint density at radius 3 is 2.19 bits per heavy atom. The summed E-state index contributed by atoms with van der Waals surface area (Å²) >= 11 is 1.62. The van der Waals surface area contributed by atoms with E-state index in [0.29, 0.717) is 6.61 Å². The molecule has 0 fully saturated rings. The Morgan fingerprint density at radius 1 is 0.857 bits per heavy atom. The molecule has 0 bridgehead atoms. The second-order valence-corrected chi connectivity index (χ2v) is 6.09. The van der Waals surface area contributed by atoms with E-state index in [2.05, 4.69) is 56.3 Å². The summed E-state index contributed by atoms with van der Waals surface area (Å²) in [6.45, 7) is 4.94. The van der Waals surface area contributed by atoms with Crippen LogP contribution in [0.25, 0.3) is 11.1 Å². The van der Waals surface area contributed by atoms with Crippen LogP contribution in [0.3, 0.4) is 0 Å². The summed E-state index contributed by atoms with van der Waals surface area (Å²) in [4.78, 5) is 0. The molecule has 0 radical (unpaired) electrons. The molecular formula is C19H18OS. The summed E-state index contributed by atoms with van der Waals surface area (Å²) in [5.41, 5.74) is 6.43. The number of benzene rings is 2. The monoisotopic (exact) mass is 294 g/mol. The van der Waals surface area contributed by atoms with Crippen LogP contribution in [-0.4, -0.2) is 0 Å². The molecule has 0 amide bonds. The van der Waals surface area contributed by atoms with Gasteiger partial charge in [-0.25, -0.2) is 0 Å². The highest BCUT2D eigenvalue weighted by Crippen LogP contribution is 2.27. The smallest absolute Gasteiger partial charge is 0.174 e. The van der Waals surface area contributed by atoms with Crippen molar-refractivity contribution in [3.8, 4) is 16.2 Å². The van der Waals surface area contributed by atoms with E-state index in [1.807, 2.05) is 17.5 Å². The first kappa shape index (κ1) is 13.9. The minimum Gasteiger partial charge on any atom is -0.479 e. The Morgan fingerprint density at radius 2 is 1.57 bits per heavy atom. The fraction of sp³-hybridized carbons (Fsp3) is 0.158. The molecule has 2 heteroatoms. The first-order valence-corrected chi connectivity index (χ1v) is 7.94. The van der Waals surface area contributed by atoms with Gasteiger partial charge in [0.15, 0.2) is 5.06 Å². The van der Waals surface area contributed by atoms with Crippen LogP contribution in [-0.2, 0) is 6.61 Å². The number of hydrogen-bond donors (Lipinski definition) is 0. The van der Waals surface area contributed by atoms with E-state index in [1.165, 1.54) is 27.8 Å². The van der Waals surface area contributed by atoms with E-state index < -0.39 is 0 Å². The van der Waals surface area contributed by atoms with Crippen molar-refractivity contribution in [2.45, 2.75) is 20.5 Å². The Balaban J connectivity index is 1.78. The molecule has 3 aromatic rings. The van der Waals surface area contributed by atoms with Gasteiger partial charge in [-0.1, -0.05) is 42.5 Å². The van der Waals surface area contributed by atoms with Crippen molar-refractivity contribution in [1.29, 1.82) is 0 Å². The summed E-state index contributed by atoms with van der Waals surface area (Å²) in [5, 5.41) is 2.99. The minimum absolute atomic E-state index is 0.619. The van der Waals surface area contributed by atoms with Crippen molar-refractivity contribution in [3.05, 3.63) is 76.7 Å². The number of thiophene rings is 1. The third-order valence-corrected chi connectivity index (χ3v) is 4.38. The Bertz CT molecular complexity index is 692. The standard InChI is InChI=1S/C19H18OS/c1-14-5-3-6-15(2)19(14)17-10-8-16(9-11-17)13-20-18-7-4-12-21-18/h3-12H,13H2,1-2H3. The maximum atomic E-state index is 5.74. The Kier molecular flexibility index (Phi) is 4.07. The van der Waals surface area contributed by atoms with Crippen molar-refractivity contribution in [1.82, 2.24) is 0 Å². The number of hydrogen-bond acceptors (Lipinski definition) is 2. The van der Waals surface area contributed by atoms with Crippen LogP contribution in [0.15, 0.2) is 60.0 Å². The van der Waals surface area contributed by atoms with Crippen molar-refractivity contribution < 1.29 is 4.74 Å². The zero-order chi connectivity index (χ0) is 14.7. The SMILES string of the molecule is Cc1cccc(C)c1-c1ccc(COc2cccs2)cc1. The topological polar surface area (TPSA) is 9.23 Å². The molecule has 1 nitrogen and oxygen atoms in total. The van der Waals surface area contributed by atoms with Gasteiger partial charge in [-0.3, -0.25) is 0 Å². The van der Waals surface area contributed by atoms with E-state index in [4.69, 9.17) is 4.74 Å². The molecule has 0 saturated heterocycles. The molecule has 1 aromatic heterocycles. The highest BCUT2D eigenvalue weighted by Gasteiger charge is 2.05. The zero-order valence-electron chi connectivity index (χ0n) is 12.3. The summed E-state index contributed by atoms with van der Waals surface area (Å²) < 4.78 is 5.74. The highest BCUT2D eigenvalue weighted by molar-refractivity contribution is 7.11. The molecule has 0 unspecified atom stereocenters. The van der Waals surface area contributed by atoms with E-state index >= 15 is 0 Å². The van der Waals surface area contributed by atoms with Crippen LogP contribution in [0.2, 0.25) is 0 Å². The quantitative estimate of drug-likeness (QED) is 0.607. The average Bonchev–Trinajstić information content (AvgIpc) is 2.99. The van der Waals surface area contributed by atoms with Crippen LogP contribution >= 0.6 is 11.3 Å². The maximum Gasteiger partial charge on any atom is 0.174 e. The minimum atomic E-state index is 0.619. The summed E-state index contributed by atoms with van der Waals surface area (Å²) in [6.07, 6.45) is 0. The second-order valence-electron chi connectivity index (χ2n) is 5.18. The first-order chi connectivity index (χ1) is 10.2. The van der Waals surface area contributed by atoms with Crippen LogP contribution in [0.5, 0.6) is 5.06 Å². The van der Waals surface area contributed by atoms with Gasteiger partial charge in [0.25, 0.3) is 0 Å². The number of aryl methyl sites for hydroxylation is 2. The molecule has 0 spiro atoms. The molecule has 0 saturated carbocycles. The molecule has 2 aromatic carbocycles. The Labute approximate surface area is 129 Å². The van der Waals surface area contributed by atoms with Crippen LogP contribution < -0.4 is 4.74 Å². The van der Waals surface area contributed by atoms with Crippen molar-refractivity contribution in [2.75, 3.05) is 0 Å². The van der Waals surface area contributed by atoms with Crippen LogP contribution in [0.1, 0.15) is 16.7 Å². The second kappa shape index (κ2) is 6.15. The number of rotatable bonds is 4. The van der Waals surface area contributed by atoms with Crippen molar-refractivity contribution in [3.63, 3.8) is 0 Å². The van der Waals surface area contributed by atoms with Crippen LogP contribution in [0, 0.1) is 13.8 Å². The maximum absolute atomic E-state index is 5.74. The molecular weight excluding hydrogens is 276 g/mol. The molecule has 21 heavy (non-hydrogen) atoms. The van der Waals surface area contributed by atoms with Crippen molar-refractivity contribution in [2.24, 2.45) is 0 Å². The molecule has 3 rings (SSSR count). The molecule has 0 aliphatic carbocycles. The van der Waals surface area contributed by atoms with E-state index in [1.54, 1.807) is 11.3 Å².